The van der Waals surface area contributed by atoms with Gasteiger partial charge in [0.25, 0.3) is 0 Å². The number of aromatic carboxylic acids is 1. The van der Waals surface area contributed by atoms with E-state index in [0.717, 1.165) is 6.07 Å². The van der Waals surface area contributed by atoms with E-state index in [1.165, 1.54) is 12.1 Å². The third kappa shape index (κ3) is 3.45. The van der Waals surface area contributed by atoms with E-state index in [0.29, 0.717) is 5.56 Å². The maximum atomic E-state index is 12.6. The molecule has 1 aliphatic heterocycles. The summed E-state index contributed by atoms with van der Waals surface area (Å²) in [6, 6.07) is 12.7. The van der Waals surface area contributed by atoms with Crippen molar-refractivity contribution in [3.05, 3.63) is 59.7 Å². The van der Waals surface area contributed by atoms with Crippen LogP contribution in [0.3, 0.4) is 0 Å². The van der Waals surface area contributed by atoms with Crippen LogP contribution < -0.4 is 5.32 Å². The van der Waals surface area contributed by atoms with E-state index in [1.807, 2.05) is 6.07 Å². The number of ether oxygens (including phenoxy) is 1. The monoisotopic (exact) mass is 341 g/mol. The van der Waals surface area contributed by atoms with Gasteiger partial charge in [-0.3, -0.25) is 9.59 Å². The predicted octanol–water partition coefficient (Wildman–Crippen LogP) is 2.33. The lowest BCUT2D eigenvalue weighted by atomic mass is 9.94. The van der Waals surface area contributed by atoms with Gasteiger partial charge in [0.05, 0.1) is 12.3 Å². The third-order valence-corrected chi connectivity index (χ3v) is 3.97. The number of hydrogen-bond acceptors (Lipinski definition) is 5. The van der Waals surface area contributed by atoms with Gasteiger partial charge in [0.2, 0.25) is 5.91 Å². The number of cyclic esters (lactones) is 1. The van der Waals surface area contributed by atoms with Gasteiger partial charge in [0.1, 0.15) is 17.4 Å². The number of hydrogen-bond donors (Lipinski definition) is 3. The van der Waals surface area contributed by atoms with Crippen LogP contribution >= 0.6 is 0 Å². The zero-order valence-electron chi connectivity index (χ0n) is 13.0. The number of carbonyl (C=O) groups excluding carboxylic acids is 2. The molecular weight excluding hydrogens is 326 g/mol. The lowest BCUT2D eigenvalue weighted by molar-refractivity contribution is -0.141. The fourth-order valence-corrected chi connectivity index (χ4v) is 2.75. The van der Waals surface area contributed by atoms with Crippen LogP contribution in [0.15, 0.2) is 48.5 Å². The van der Waals surface area contributed by atoms with Gasteiger partial charge in [-0.1, -0.05) is 30.3 Å². The first-order chi connectivity index (χ1) is 12.0. The number of nitrogens with one attached hydrogen (secondary N) is 1. The summed E-state index contributed by atoms with van der Waals surface area (Å²) >= 11 is 0. The van der Waals surface area contributed by atoms with Crippen molar-refractivity contribution in [3.8, 4) is 5.75 Å². The van der Waals surface area contributed by atoms with Crippen molar-refractivity contribution in [2.75, 3.05) is 5.32 Å². The molecule has 3 rings (SSSR count). The number of carboxylic acids is 1. The first-order valence-electron chi connectivity index (χ1n) is 7.57. The topological polar surface area (TPSA) is 113 Å². The lowest BCUT2D eigenvalue weighted by Gasteiger charge is -2.17. The quantitative estimate of drug-likeness (QED) is 0.581. The van der Waals surface area contributed by atoms with Crippen LogP contribution in [0, 0.1) is 5.92 Å². The number of benzene rings is 2. The second-order valence-corrected chi connectivity index (χ2v) is 5.66. The van der Waals surface area contributed by atoms with Crippen molar-refractivity contribution in [2.24, 2.45) is 5.92 Å². The highest BCUT2D eigenvalue weighted by Gasteiger charge is 2.40. The van der Waals surface area contributed by atoms with Gasteiger partial charge < -0.3 is 20.3 Å². The van der Waals surface area contributed by atoms with Gasteiger partial charge >= 0.3 is 11.9 Å². The molecule has 2 atom stereocenters. The first kappa shape index (κ1) is 16.5. The number of anilines is 1. The van der Waals surface area contributed by atoms with Crippen LogP contribution in [-0.4, -0.2) is 28.1 Å². The van der Waals surface area contributed by atoms with Gasteiger partial charge in [-0.2, -0.15) is 0 Å². The van der Waals surface area contributed by atoms with Crippen LogP contribution in [0.5, 0.6) is 5.75 Å². The molecule has 3 N–H and O–H groups in total. The number of aromatic hydroxyl groups is 1. The summed E-state index contributed by atoms with van der Waals surface area (Å²) in [5.74, 6) is -3.35. The Morgan fingerprint density at radius 3 is 2.52 bits per heavy atom. The molecule has 1 amide bonds. The van der Waals surface area contributed by atoms with E-state index < -0.39 is 35.6 Å². The van der Waals surface area contributed by atoms with E-state index in [1.54, 1.807) is 24.3 Å². The van der Waals surface area contributed by atoms with E-state index >= 15 is 0 Å². The number of rotatable bonds is 4. The second-order valence-electron chi connectivity index (χ2n) is 5.66. The summed E-state index contributed by atoms with van der Waals surface area (Å²) in [6.45, 7) is 0. The zero-order chi connectivity index (χ0) is 18.0. The molecule has 1 saturated heterocycles. The Morgan fingerprint density at radius 1 is 1.12 bits per heavy atom. The Kier molecular flexibility index (Phi) is 4.38. The number of esters is 1. The van der Waals surface area contributed by atoms with Crippen molar-refractivity contribution in [1.29, 1.82) is 0 Å². The van der Waals surface area contributed by atoms with Crippen molar-refractivity contribution in [3.63, 3.8) is 0 Å². The minimum absolute atomic E-state index is 0.0603. The number of carboxylic acid groups (broad SMARTS) is 1. The number of carbonyl (C=O) groups is 3. The molecular formula is C18H15NO6. The van der Waals surface area contributed by atoms with Crippen LogP contribution in [0.2, 0.25) is 0 Å². The Morgan fingerprint density at radius 2 is 1.84 bits per heavy atom. The normalized spacial score (nSPS) is 19.3. The number of phenols is 1. The molecule has 2 aromatic rings. The Labute approximate surface area is 142 Å². The molecule has 7 nitrogen and oxygen atoms in total. The molecule has 0 aliphatic carbocycles. The van der Waals surface area contributed by atoms with Crippen LogP contribution in [0.4, 0.5) is 5.69 Å². The average molecular weight is 341 g/mol. The van der Waals surface area contributed by atoms with Gasteiger partial charge in [0.15, 0.2) is 0 Å². The maximum Gasteiger partial charge on any atom is 0.339 e. The van der Waals surface area contributed by atoms with Crippen LogP contribution in [-0.2, 0) is 14.3 Å². The number of amides is 1. The minimum atomic E-state index is -1.31. The molecule has 1 heterocycles. The highest BCUT2D eigenvalue weighted by atomic mass is 16.6. The summed E-state index contributed by atoms with van der Waals surface area (Å²) in [7, 11) is 0. The van der Waals surface area contributed by atoms with Crippen molar-refractivity contribution < 1.29 is 29.3 Å². The second kappa shape index (κ2) is 6.64. The van der Waals surface area contributed by atoms with E-state index in [9.17, 15) is 19.5 Å². The molecule has 2 aromatic carbocycles. The Balaban J connectivity index is 1.81. The summed E-state index contributed by atoms with van der Waals surface area (Å²) in [4.78, 5) is 35.3. The van der Waals surface area contributed by atoms with E-state index in [4.69, 9.17) is 9.84 Å². The molecule has 7 heteroatoms. The minimum Gasteiger partial charge on any atom is -0.507 e. The van der Waals surface area contributed by atoms with Crippen molar-refractivity contribution in [2.45, 2.75) is 12.5 Å². The summed E-state index contributed by atoms with van der Waals surface area (Å²) < 4.78 is 5.27. The summed E-state index contributed by atoms with van der Waals surface area (Å²) in [5.41, 5.74) is 0.605. The van der Waals surface area contributed by atoms with Gasteiger partial charge in [0, 0.05) is 5.69 Å². The molecule has 0 bridgehead atoms. The molecule has 25 heavy (non-hydrogen) atoms. The molecule has 0 spiro atoms. The highest BCUT2D eigenvalue weighted by Crippen LogP contribution is 2.36. The zero-order valence-corrected chi connectivity index (χ0v) is 13.0. The molecule has 128 valence electrons. The fourth-order valence-electron chi connectivity index (χ4n) is 2.75. The SMILES string of the molecule is O=C1C[C@H](C(=O)Nc2ccc(O)c(C(=O)O)c2)[C@H](c2ccccc2)O1. The summed E-state index contributed by atoms with van der Waals surface area (Å²) in [5, 5.41) is 21.1. The predicted molar refractivity (Wildman–Crippen MR) is 87.1 cm³/mol. The standard InChI is InChI=1S/C18H15NO6/c20-14-7-6-11(8-12(14)18(23)24)19-17(22)13-9-15(21)25-16(13)10-4-2-1-3-5-10/h1-8,13,16,20H,9H2,(H,19,22)(H,23,24)/t13-,16-/m0/s1. The fraction of sp³-hybridized carbons (Fsp3) is 0.167. The van der Waals surface area contributed by atoms with Crippen molar-refractivity contribution >= 4 is 23.5 Å². The van der Waals surface area contributed by atoms with Crippen LogP contribution in [0.25, 0.3) is 0 Å². The molecule has 1 aliphatic rings. The van der Waals surface area contributed by atoms with E-state index in [-0.39, 0.29) is 17.7 Å². The largest absolute Gasteiger partial charge is 0.507 e. The Bertz CT molecular complexity index is 833. The average Bonchev–Trinajstić information content (AvgIpc) is 2.99. The smallest absolute Gasteiger partial charge is 0.339 e. The summed E-state index contributed by atoms with van der Waals surface area (Å²) in [6.07, 6.45) is -0.750. The Hall–Kier alpha value is -3.35. The molecule has 1 fully saturated rings. The first-order valence-corrected chi connectivity index (χ1v) is 7.57. The van der Waals surface area contributed by atoms with Gasteiger partial charge in [-0.05, 0) is 23.8 Å². The lowest BCUT2D eigenvalue weighted by Crippen LogP contribution is -2.25. The van der Waals surface area contributed by atoms with Crippen LogP contribution in [0.1, 0.15) is 28.4 Å². The van der Waals surface area contributed by atoms with Gasteiger partial charge in [-0.15, -0.1) is 0 Å². The molecule has 0 saturated carbocycles. The maximum absolute atomic E-state index is 12.6. The van der Waals surface area contributed by atoms with E-state index in [2.05, 4.69) is 5.32 Å². The molecule has 0 radical (unpaired) electrons. The third-order valence-electron chi connectivity index (χ3n) is 3.97. The molecule has 0 unspecified atom stereocenters. The highest BCUT2D eigenvalue weighted by molar-refractivity contribution is 5.98. The molecule has 0 aromatic heterocycles. The van der Waals surface area contributed by atoms with Gasteiger partial charge in [-0.25, -0.2) is 4.79 Å². The van der Waals surface area contributed by atoms with Crippen molar-refractivity contribution in [1.82, 2.24) is 0 Å².